The van der Waals surface area contributed by atoms with Crippen LogP contribution in [-0.2, 0) is 0 Å². The highest BCUT2D eigenvalue weighted by Gasteiger charge is 2.00. The van der Waals surface area contributed by atoms with Gasteiger partial charge in [-0.25, -0.2) is 9.59 Å². The lowest BCUT2D eigenvalue weighted by Crippen LogP contribution is -2.09. The van der Waals surface area contributed by atoms with Gasteiger partial charge < -0.3 is 10.2 Å². The quantitative estimate of drug-likeness (QED) is 0.580. The van der Waals surface area contributed by atoms with Crippen LogP contribution in [-0.4, -0.2) is 22.4 Å². The van der Waals surface area contributed by atoms with Crippen LogP contribution in [0.25, 0.3) is 0 Å². The van der Waals surface area contributed by atoms with Crippen molar-refractivity contribution >= 4 is 23.6 Å². The number of hydrogen-bond acceptors (Lipinski definition) is 2. The molecule has 6 heteroatoms. The fourth-order valence-electron chi connectivity index (χ4n) is 0.922. The monoisotopic (exact) mass is 196 g/mol. The average Bonchev–Trinajstić information content (AvgIpc) is 2.01. The average molecular weight is 196 g/mol. The largest absolute Gasteiger partial charge is 0.465 e. The second-order valence-corrected chi connectivity index (χ2v) is 2.44. The van der Waals surface area contributed by atoms with E-state index in [2.05, 4.69) is 10.6 Å². The van der Waals surface area contributed by atoms with Crippen molar-refractivity contribution in [3.63, 3.8) is 0 Å². The van der Waals surface area contributed by atoms with Gasteiger partial charge in [-0.15, -0.1) is 0 Å². The standard InChI is InChI=1S/C8H8N2O4/c11-7(12)9-5-2-1-3-6(4-5)10-8(13)14/h1-4,9-10H,(H,11,12)(H,13,14). The fourth-order valence-corrected chi connectivity index (χ4v) is 0.922. The van der Waals surface area contributed by atoms with E-state index in [9.17, 15) is 9.59 Å². The summed E-state index contributed by atoms with van der Waals surface area (Å²) in [5, 5.41) is 21.0. The molecule has 1 aromatic carbocycles. The molecule has 0 atom stereocenters. The summed E-state index contributed by atoms with van der Waals surface area (Å²) in [5.74, 6) is 0. The minimum Gasteiger partial charge on any atom is -0.465 e. The van der Waals surface area contributed by atoms with Gasteiger partial charge in [-0.05, 0) is 18.2 Å². The lowest BCUT2D eigenvalue weighted by Gasteiger charge is -2.03. The second-order valence-electron chi connectivity index (χ2n) is 2.44. The summed E-state index contributed by atoms with van der Waals surface area (Å²) in [6.45, 7) is 0. The van der Waals surface area contributed by atoms with Crippen LogP contribution < -0.4 is 10.6 Å². The summed E-state index contributed by atoms with van der Waals surface area (Å²) in [6, 6.07) is 5.95. The van der Waals surface area contributed by atoms with Crippen LogP contribution in [0.4, 0.5) is 21.0 Å². The van der Waals surface area contributed by atoms with Crippen LogP contribution in [0.1, 0.15) is 0 Å². The maximum absolute atomic E-state index is 10.3. The molecule has 0 bridgehead atoms. The maximum Gasteiger partial charge on any atom is 0.409 e. The molecule has 2 amide bonds. The van der Waals surface area contributed by atoms with Gasteiger partial charge >= 0.3 is 12.2 Å². The Kier molecular flexibility index (Phi) is 2.90. The van der Waals surface area contributed by atoms with Gasteiger partial charge in [0.05, 0.1) is 0 Å². The first-order valence-electron chi connectivity index (χ1n) is 3.68. The Labute approximate surface area is 79.2 Å². The van der Waals surface area contributed by atoms with E-state index in [1.807, 2.05) is 0 Å². The van der Waals surface area contributed by atoms with E-state index < -0.39 is 12.2 Å². The van der Waals surface area contributed by atoms with Crippen molar-refractivity contribution in [1.82, 2.24) is 0 Å². The van der Waals surface area contributed by atoms with Gasteiger partial charge in [0.1, 0.15) is 0 Å². The van der Waals surface area contributed by atoms with Crippen molar-refractivity contribution in [2.45, 2.75) is 0 Å². The first-order chi connectivity index (χ1) is 6.58. The molecule has 0 saturated carbocycles. The molecule has 1 rings (SSSR count). The summed E-state index contributed by atoms with van der Waals surface area (Å²) in [5.41, 5.74) is 0.618. The first kappa shape index (κ1) is 9.85. The third-order valence-corrected chi connectivity index (χ3v) is 1.37. The predicted octanol–water partition coefficient (Wildman–Crippen LogP) is 1.87. The molecule has 0 aliphatic rings. The summed E-state index contributed by atoms with van der Waals surface area (Å²) in [7, 11) is 0. The highest BCUT2D eigenvalue weighted by atomic mass is 16.4. The molecule has 14 heavy (non-hydrogen) atoms. The van der Waals surface area contributed by atoms with Gasteiger partial charge in [-0.2, -0.15) is 0 Å². The highest BCUT2D eigenvalue weighted by molar-refractivity contribution is 5.87. The molecule has 0 unspecified atom stereocenters. The number of nitrogens with one attached hydrogen (secondary N) is 2. The Morgan fingerprint density at radius 2 is 1.43 bits per heavy atom. The number of carboxylic acid groups (broad SMARTS) is 2. The number of rotatable bonds is 2. The lowest BCUT2D eigenvalue weighted by atomic mass is 10.3. The lowest BCUT2D eigenvalue weighted by molar-refractivity contribution is 0.208. The molecule has 74 valence electrons. The minimum absolute atomic E-state index is 0.309. The molecule has 0 radical (unpaired) electrons. The van der Waals surface area contributed by atoms with Crippen molar-refractivity contribution in [2.24, 2.45) is 0 Å². The van der Waals surface area contributed by atoms with Crippen LogP contribution in [0.15, 0.2) is 24.3 Å². The van der Waals surface area contributed by atoms with Crippen molar-refractivity contribution in [3.8, 4) is 0 Å². The number of amides is 2. The van der Waals surface area contributed by atoms with Gasteiger partial charge in [-0.1, -0.05) is 6.07 Å². The molecule has 0 saturated heterocycles. The number of anilines is 2. The van der Waals surface area contributed by atoms with Crippen LogP contribution in [0.2, 0.25) is 0 Å². The minimum atomic E-state index is -1.20. The van der Waals surface area contributed by atoms with Crippen molar-refractivity contribution < 1.29 is 19.8 Å². The van der Waals surface area contributed by atoms with Crippen LogP contribution >= 0.6 is 0 Å². The molecule has 0 aromatic heterocycles. The molecular weight excluding hydrogens is 188 g/mol. The van der Waals surface area contributed by atoms with Gasteiger partial charge in [0.25, 0.3) is 0 Å². The summed E-state index contributed by atoms with van der Waals surface area (Å²) < 4.78 is 0. The molecule has 4 N–H and O–H groups in total. The molecular formula is C8H8N2O4. The predicted molar refractivity (Wildman–Crippen MR) is 49.7 cm³/mol. The zero-order chi connectivity index (χ0) is 10.6. The Hall–Kier alpha value is -2.24. The summed E-state index contributed by atoms with van der Waals surface area (Å²) >= 11 is 0. The first-order valence-corrected chi connectivity index (χ1v) is 3.68. The molecule has 0 spiro atoms. The van der Waals surface area contributed by atoms with E-state index in [4.69, 9.17) is 10.2 Å². The normalized spacial score (nSPS) is 9.14. The molecule has 6 nitrogen and oxygen atoms in total. The van der Waals surface area contributed by atoms with Gasteiger partial charge in [0, 0.05) is 11.4 Å². The van der Waals surface area contributed by atoms with Gasteiger partial charge in [-0.3, -0.25) is 10.6 Å². The summed E-state index contributed by atoms with van der Waals surface area (Å²) in [6.07, 6.45) is -2.39. The third kappa shape index (κ3) is 3.02. The Morgan fingerprint density at radius 3 is 1.79 bits per heavy atom. The van der Waals surface area contributed by atoms with Gasteiger partial charge in [0.15, 0.2) is 0 Å². The molecule has 0 fully saturated rings. The Bertz CT molecular complexity index is 333. The topological polar surface area (TPSA) is 98.7 Å². The van der Waals surface area contributed by atoms with E-state index in [1.54, 1.807) is 0 Å². The maximum atomic E-state index is 10.3. The third-order valence-electron chi connectivity index (χ3n) is 1.37. The molecule has 1 aromatic rings. The van der Waals surface area contributed by atoms with E-state index in [1.165, 1.54) is 24.3 Å². The van der Waals surface area contributed by atoms with Crippen molar-refractivity contribution in [3.05, 3.63) is 24.3 Å². The van der Waals surface area contributed by atoms with Crippen LogP contribution in [0, 0.1) is 0 Å². The van der Waals surface area contributed by atoms with Crippen LogP contribution in [0.3, 0.4) is 0 Å². The zero-order valence-electron chi connectivity index (χ0n) is 7.02. The van der Waals surface area contributed by atoms with Crippen molar-refractivity contribution in [2.75, 3.05) is 10.6 Å². The second kappa shape index (κ2) is 4.13. The molecule has 0 aliphatic carbocycles. The smallest absolute Gasteiger partial charge is 0.409 e. The van der Waals surface area contributed by atoms with Crippen LogP contribution in [0.5, 0.6) is 0 Å². The number of carbonyl (C=O) groups is 2. The Balaban J connectivity index is 2.78. The fraction of sp³-hybridized carbons (Fsp3) is 0. The van der Waals surface area contributed by atoms with E-state index >= 15 is 0 Å². The molecule has 0 aliphatic heterocycles. The molecule has 0 heterocycles. The highest BCUT2D eigenvalue weighted by Crippen LogP contribution is 2.14. The zero-order valence-corrected chi connectivity index (χ0v) is 7.02. The van der Waals surface area contributed by atoms with E-state index in [0.29, 0.717) is 11.4 Å². The summed E-state index contributed by atoms with van der Waals surface area (Å²) in [4.78, 5) is 20.5. The number of benzene rings is 1. The Morgan fingerprint density at radius 1 is 1.00 bits per heavy atom. The van der Waals surface area contributed by atoms with E-state index in [-0.39, 0.29) is 0 Å². The van der Waals surface area contributed by atoms with Gasteiger partial charge in [0.2, 0.25) is 0 Å². The number of hydrogen-bond donors (Lipinski definition) is 4. The van der Waals surface area contributed by atoms with Crippen molar-refractivity contribution in [1.29, 1.82) is 0 Å². The van der Waals surface area contributed by atoms with E-state index in [0.717, 1.165) is 0 Å². The SMILES string of the molecule is O=C(O)Nc1cccc(NC(=O)O)c1.